The van der Waals surface area contributed by atoms with E-state index >= 15 is 0 Å². The van der Waals surface area contributed by atoms with Crippen LogP contribution in [0.1, 0.15) is 43.4 Å². The summed E-state index contributed by atoms with van der Waals surface area (Å²) in [6.45, 7) is 3.02. The van der Waals surface area contributed by atoms with Crippen LogP contribution in [-0.4, -0.2) is 15.3 Å². The topological polar surface area (TPSA) is 17.8 Å². The molecular weight excluding hydrogens is 359 g/mol. The third-order valence-corrected chi connectivity index (χ3v) is 5.31. The zero-order chi connectivity index (χ0) is 17.2. The molecule has 0 N–H and O–H groups in total. The maximum absolute atomic E-state index is 6.40. The van der Waals surface area contributed by atoms with Crippen LogP contribution in [0.25, 0.3) is 0 Å². The number of unbranched alkanes of at least 4 members (excludes halogenated alkanes) is 3. The highest BCUT2D eigenvalue weighted by Crippen LogP contribution is 2.36. The number of aromatic nitrogens is 2. The predicted molar refractivity (Wildman–Crippen MR) is 106 cm³/mol. The minimum atomic E-state index is 0.217. The highest BCUT2D eigenvalue weighted by Gasteiger charge is 2.16. The van der Waals surface area contributed by atoms with E-state index in [4.69, 9.17) is 23.2 Å². The summed E-state index contributed by atoms with van der Waals surface area (Å²) < 4.78 is 2.07. The average molecular weight is 381 g/mol. The fourth-order valence-electron chi connectivity index (χ4n) is 2.33. The van der Waals surface area contributed by atoms with Gasteiger partial charge in [-0.3, -0.25) is 0 Å². The van der Waals surface area contributed by atoms with Gasteiger partial charge in [0, 0.05) is 35.4 Å². The molecule has 5 heteroatoms. The van der Waals surface area contributed by atoms with Crippen LogP contribution in [0.3, 0.4) is 0 Å². The van der Waals surface area contributed by atoms with Crippen molar-refractivity contribution < 1.29 is 0 Å². The summed E-state index contributed by atoms with van der Waals surface area (Å²) in [4.78, 5) is 4.12. The normalized spacial score (nSPS) is 11.8. The Kier molecular flexibility index (Phi) is 8.59. The summed E-state index contributed by atoms with van der Waals surface area (Å²) in [7, 11) is 0. The van der Waals surface area contributed by atoms with Crippen LogP contribution < -0.4 is 0 Å². The number of hydrogen-bond acceptors (Lipinski definition) is 2. The van der Waals surface area contributed by atoms with Gasteiger partial charge in [-0.15, -0.1) is 17.7 Å². The Morgan fingerprint density at radius 3 is 2.83 bits per heavy atom. The van der Waals surface area contributed by atoms with Gasteiger partial charge in [0.1, 0.15) is 0 Å². The molecule has 1 aromatic heterocycles. The molecule has 0 fully saturated rings. The minimum Gasteiger partial charge on any atom is -0.336 e. The van der Waals surface area contributed by atoms with Crippen molar-refractivity contribution in [1.29, 1.82) is 0 Å². The molecule has 0 spiro atoms. The number of rotatable bonds is 8. The lowest BCUT2D eigenvalue weighted by molar-refractivity contribution is 0.684. The van der Waals surface area contributed by atoms with Gasteiger partial charge < -0.3 is 4.57 Å². The van der Waals surface area contributed by atoms with Gasteiger partial charge in [-0.25, -0.2) is 4.98 Å². The third kappa shape index (κ3) is 6.43. The largest absolute Gasteiger partial charge is 0.336 e. The van der Waals surface area contributed by atoms with Gasteiger partial charge in [-0.2, -0.15) is 0 Å². The SMILES string of the molecule is CCCCCC#CCSC(Cn1ccnc1)c1ccc(Cl)cc1Cl. The molecule has 0 radical (unpaired) electrons. The molecule has 0 aliphatic carbocycles. The maximum atomic E-state index is 6.40. The first-order valence-corrected chi connectivity index (χ1v) is 9.99. The molecule has 2 nitrogen and oxygen atoms in total. The van der Waals surface area contributed by atoms with Crippen molar-refractivity contribution in [2.24, 2.45) is 0 Å². The summed E-state index contributed by atoms with van der Waals surface area (Å²) in [5, 5.41) is 1.58. The van der Waals surface area contributed by atoms with Crippen LogP contribution >= 0.6 is 35.0 Å². The van der Waals surface area contributed by atoms with Crippen molar-refractivity contribution in [1.82, 2.24) is 9.55 Å². The molecule has 0 saturated carbocycles. The maximum Gasteiger partial charge on any atom is 0.0946 e. The van der Waals surface area contributed by atoms with E-state index in [-0.39, 0.29) is 5.25 Å². The second kappa shape index (κ2) is 10.7. The van der Waals surface area contributed by atoms with Gasteiger partial charge in [-0.05, 0) is 24.1 Å². The van der Waals surface area contributed by atoms with Crippen molar-refractivity contribution in [3.05, 3.63) is 52.5 Å². The Bertz CT molecular complexity index is 674. The number of halogens is 2. The van der Waals surface area contributed by atoms with Crippen LogP contribution in [0.15, 0.2) is 36.9 Å². The number of hydrogen-bond donors (Lipinski definition) is 0. The van der Waals surface area contributed by atoms with Crippen LogP contribution in [0.2, 0.25) is 10.0 Å². The summed E-state index contributed by atoms with van der Waals surface area (Å²) >= 11 is 14.2. The molecule has 0 saturated heterocycles. The molecule has 1 unspecified atom stereocenters. The van der Waals surface area contributed by atoms with Crippen LogP contribution in [0.5, 0.6) is 0 Å². The van der Waals surface area contributed by atoms with E-state index in [0.29, 0.717) is 10.0 Å². The first-order valence-electron chi connectivity index (χ1n) is 8.18. The summed E-state index contributed by atoms with van der Waals surface area (Å²) in [6.07, 6.45) is 10.3. The summed E-state index contributed by atoms with van der Waals surface area (Å²) in [6, 6.07) is 5.70. The monoisotopic (exact) mass is 380 g/mol. The molecule has 0 amide bonds. The lowest BCUT2D eigenvalue weighted by Crippen LogP contribution is -2.06. The van der Waals surface area contributed by atoms with Gasteiger partial charge in [0.05, 0.1) is 17.3 Å². The van der Waals surface area contributed by atoms with Crippen LogP contribution in [-0.2, 0) is 6.54 Å². The fourth-order valence-corrected chi connectivity index (χ4v) is 3.99. The summed E-state index contributed by atoms with van der Waals surface area (Å²) in [5.74, 6) is 7.34. The van der Waals surface area contributed by atoms with Crippen molar-refractivity contribution in [2.45, 2.75) is 44.4 Å². The molecule has 0 aliphatic heterocycles. The molecule has 2 rings (SSSR count). The Balaban J connectivity index is 2.00. The molecular formula is C19H22Cl2N2S. The molecule has 0 bridgehead atoms. The van der Waals surface area contributed by atoms with Crippen LogP contribution in [0.4, 0.5) is 0 Å². The van der Waals surface area contributed by atoms with Gasteiger partial charge in [0.15, 0.2) is 0 Å². The highest BCUT2D eigenvalue weighted by molar-refractivity contribution is 7.99. The fraction of sp³-hybridized carbons (Fsp3) is 0.421. The van der Waals surface area contributed by atoms with E-state index in [9.17, 15) is 0 Å². The zero-order valence-corrected chi connectivity index (χ0v) is 16.2. The highest BCUT2D eigenvalue weighted by atomic mass is 35.5. The average Bonchev–Trinajstić information content (AvgIpc) is 3.06. The van der Waals surface area contributed by atoms with Gasteiger partial charge >= 0.3 is 0 Å². The molecule has 128 valence electrons. The summed E-state index contributed by atoms with van der Waals surface area (Å²) in [5.41, 5.74) is 1.09. The van der Waals surface area contributed by atoms with E-state index < -0.39 is 0 Å². The first kappa shape index (κ1) is 19.2. The lowest BCUT2D eigenvalue weighted by Gasteiger charge is -2.18. The molecule has 2 aromatic rings. The second-order valence-corrected chi connectivity index (χ2v) is 7.57. The van der Waals surface area contributed by atoms with Crippen molar-refractivity contribution >= 4 is 35.0 Å². The number of nitrogens with zero attached hydrogens (tertiary/aromatic N) is 2. The molecule has 1 heterocycles. The van der Waals surface area contributed by atoms with Gasteiger partial charge in [0.2, 0.25) is 0 Å². The Morgan fingerprint density at radius 2 is 2.12 bits per heavy atom. The zero-order valence-electron chi connectivity index (χ0n) is 13.8. The van der Waals surface area contributed by atoms with Gasteiger partial charge in [-0.1, -0.05) is 55.0 Å². The van der Waals surface area contributed by atoms with Crippen LogP contribution in [0, 0.1) is 11.8 Å². The Morgan fingerprint density at radius 1 is 1.25 bits per heavy atom. The molecule has 1 aromatic carbocycles. The Hall–Kier alpha value is -1.08. The first-order chi connectivity index (χ1) is 11.7. The number of benzene rings is 1. The van der Waals surface area contributed by atoms with E-state index in [0.717, 1.165) is 24.3 Å². The minimum absolute atomic E-state index is 0.217. The Labute approximate surface area is 159 Å². The molecule has 1 atom stereocenters. The smallest absolute Gasteiger partial charge is 0.0946 e. The molecule has 24 heavy (non-hydrogen) atoms. The quantitative estimate of drug-likeness (QED) is 0.397. The number of thioether (sulfide) groups is 1. The van der Waals surface area contributed by atoms with E-state index in [1.807, 2.05) is 24.7 Å². The van der Waals surface area contributed by atoms with Crippen molar-refractivity contribution in [2.75, 3.05) is 5.75 Å². The lowest BCUT2D eigenvalue weighted by atomic mass is 10.1. The van der Waals surface area contributed by atoms with E-state index in [1.165, 1.54) is 19.3 Å². The molecule has 0 aliphatic rings. The standard InChI is InChI=1S/C19H22Cl2N2S/c1-2-3-4-5-6-7-12-24-19(14-23-11-10-22-15-23)17-9-8-16(20)13-18(17)21/h8-11,13,15,19H,2-5,12,14H2,1H3. The van der Waals surface area contributed by atoms with E-state index in [2.05, 4.69) is 28.3 Å². The third-order valence-electron chi connectivity index (χ3n) is 3.63. The van der Waals surface area contributed by atoms with Crippen molar-refractivity contribution in [3.63, 3.8) is 0 Å². The number of imidazole rings is 1. The second-order valence-electron chi connectivity index (χ2n) is 5.54. The predicted octanol–water partition coefficient (Wildman–Crippen LogP) is 6.25. The van der Waals surface area contributed by atoms with Crippen molar-refractivity contribution in [3.8, 4) is 11.8 Å². The van der Waals surface area contributed by atoms with E-state index in [1.54, 1.807) is 24.0 Å². The van der Waals surface area contributed by atoms with Gasteiger partial charge in [0.25, 0.3) is 0 Å².